The minimum atomic E-state index is -0.503. The van der Waals surface area contributed by atoms with E-state index in [1.54, 1.807) is 31.4 Å². The van der Waals surface area contributed by atoms with Crippen LogP contribution in [0.1, 0.15) is 21.5 Å². The Morgan fingerprint density at radius 2 is 1.83 bits per heavy atom. The lowest BCUT2D eigenvalue weighted by Gasteiger charge is -2.07. The van der Waals surface area contributed by atoms with Gasteiger partial charge < -0.3 is 15.2 Å². The van der Waals surface area contributed by atoms with Crippen molar-refractivity contribution in [3.8, 4) is 5.75 Å². The van der Waals surface area contributed by atoms with Gasteiger partial charge >= 0.3 is 0 Å². The molecule has 2 aromatic rings. The van der Waals surface area contributed by atoms with E-state index in [0.29, 0.717) is 12.1 Å². The highest BCUT2D eigenvalue weighted by atomic mass is 16.5. The van der Waals surface area contributed by atoms with E-state index < -0.39 is 6.61 Å². The van der Waals surface area contributed by atoms with Crippen LogP contribution in [0.2, 0.25) is 0 Å². The summed E-state index contributed by atoms with van der Waals surface area (Å²) in [5.41, 5.74) is 2.23. The number of benzene rings is 2. The molecule has 5 nitrogen and oxygen atoms in total. The fourth-order valence-electron chi connectivity index (χ4n) is 2.13. The number of rotatable bonds is 7. The standard InChI is InChI=1S/C18H19NO4/c1-23-16-4-2-3-14(9-16)10-18(22)19-11-13-5-7-15(8-6-13)17(21)12-20/h2-9,20H,10-12H2,1H3,(H,19,22). The lowest BCUT2D eigenvalue weighted by molar-refractivity contribution is -0.120. The third-order valence-corrected chi connectivity index (χ3v) is 3.41. The molecule has 0 spiro atoms. The van der Waals surface area contributed by atoms with E-state index in [0.717, 1.165) is 16.9 Å². The molecule has 0 saturated heterocycles. The molecule has 2 N–H and O–H groups in total. The smallest absolute Gasteiger partial charge is 0.224 e. The Labute approximate surface area is 134 Å². The van der Waals surface area contributed by atoms with Crippen LogP contribution in [0.25, 0.3) is 0 Å². The van der Waals surface area contributed by atoms with Crippen molar-refractivity contribution < 1.29 is 19.4 Å². The average molecular weight is 313 g/mol. The van der Waals surface area contributed by atoms with Gasteiger partial charge in [-0.05, 0) is 23.3 Å². The Morgan fingerprint density at radius 3 is 2.48 bits per heavy atom. The van der Waals surface area contributed by atoms with E-state index in [1.165, 1.54) is 0 Å². The summed E-state index contributed by atoms with van der Waals surface area (Å²) in [6, 6.07) is 14.2. The van der Waals surface area contributed by atoms with Crippen LogP contribution in [0.4, 0.5) is 0 Å². The number of methoxy groups -OCH3 is 1. The van der Waals surface area contributed by atoms with Crippen molar-refractivity contribution in [3.63, 3.8) is 0 Å². The maximum absolute atomic E-state index is 12.0. The normalized spacial score (nSPS) is 10.2. The van der Waals surface area contributed by atoms with Crippen LogP contribution < -0.4 is 10.1 Å². The highest BCUT2D eigenvalue weighted by Crippen LogP contribution is 2.13. The van der Waals surface area contributed by atoms with Gasteiger partial charge in [0.05, 0.1) is 13.5 Å². The van der Waals surface area contributed by atoms with Gasteiger partial charge in [-0.3, -0.25) is 9.59 Å². The summed E-state index contributed by atoms with van der Waals surface area (Å²) in [6.07, 6.45) is 0.276. The quantitative estimate of drug-likeness (QED) is 0.763. The van der Waals surface area contributed by atoms with E-state index in [4.69, 9.17) is 9.84 Å². The summed E-state index contributed by atoms with van der Waals surface area (Å²) in [4.78, 5) is 23.3. The second-order valence-corrected chi connectivity index (χ2v) is 5.08. The van der Waals surface area contributed by atoms with Crippen LogP contribution in [-0.2, 0) is 17.8 Å². The summed E-state index contributed by atoms with van der Waals surface area (Å²) in [5.74, 6) is 0.312. The molecular weight excluding hydrogens is 294 g/mol. The molecule has 0 bridgehead atoms. The number of amides is 1. The van der Waals surface area contributed by atoms with Crippen LogP contribution in [0.3, 0.4) is 0 Å². The first-order chi connectivity index (χ1) is 11.1. The lowest BCUT2D eigenvalue weighted by Crippen LogP contribution is -2.24. The van der Waals surface area contributed by atoms with Gasteiger partial charge in [0, 0.05) is 12.1 Å². The van der Waals surface area contributed by atoms with Crippen LogP contribution in [0.15, 0.2) is 48.5 Å². The van der Waals surface area contributed by atoms with Crippen LogP contribution in [0.5, 0.6) is 5.75 Å². The molecule has 0 aliphatic rings. The van der Waals surface area contributed by atoms with E-state index in [9.17, 15) is 9.59 Å². The van der Waals surface area contributed by atoms with Gasteiger partial charge in [0.2, 0.25) is 5.91 Å². The van der Waals surface area contributed by atoms with Gasteiger partial charge in [-0.25, -0.2) is 0 Å². The summed E-state index contributed by atoms with van der Waals surface area (Å²) < 4.78 is 5.13. The molecule has 0 fully saturated rings. The number of hydrogen-bond acceptors (Lipinski definition) is 4. The molecule has 0 unspecified atom stereocenters. The van der Waals surface area contributed by atoms with Gasteiger partial charge in [0.15, 0.2) is 5.78 Å². The van der Waals surface area contributed by atoms with Crippen molar-refractivity contribution in [2.24, 2.45) is 0 Å². The topological polar surface area (TPSA) is 75.6 Å². The zero-order chi connectivity index (χ0) is 16.7. The molecule has 0 aliphatic carbocycles. The first-order valence-corrected chi connectivity index (χ1v) is 7.25. The van der Waals surface area contributed by atoms with Gasteiger partial charge in [-0.1, -0.05) is 36.4 Å². The third-order valence-electron chi connectivity index (χ3n) is 3.41. The highest BCUT2D eigenvalue weighted by molar-refractivity contribution is 5.96. The number of Topliss-reactive ketones (excluding diaryl/α,β-unsaturated/α-hetero) is 1. The van der Waals surface area contributed by atoms with Crippen LogP contribution in [-0.4, -0.2) is 30.5 Å². The molecule has 0 aromatic heterocycles. The molecule has 0 aliphatic heterocycles. The SMILES string of the molecule is COc1cccc(CC(=O)NCc2ccc(C(=O)CO)cc2)c1. The number of ether oxygens (including phenoxy) is 1. The number of aliphatic hydroxyl groups excluding tert-OH is 1. The zero-order valence-electron chi connectivity index (χ0n) is 12.9. The molecule has 0 heterocycles. The summed E-state index contributed by atoms with van der Waals surface area (Å²) in [7, 11) is 1.59. The van der Waals surface area contributed by atoms with Crippen molar-refractivity contribution in [2.75, 3.05) is 13.7 Å². The molecule has 0 radical (unpaired) electrons. The summed E-state index contributed by atoms with van der Waals surface area (Å²) >= 11 is 0. The van der Waals surface area contributed by atoms with E-state index in [-0.39, 0.29) is 18.1 Å². The van der Waals surface area contributed by atoms with E-state index >= 15 is 0 Å². The predicted octanol–water partition coefficient (Wildman–Crippen LogP) is 1.73. The van der Waals surface area contributed by atoms with E-state index in [2.05, 4.69) is 5.32 Å². The molecule has 0 saturated carbocycles. The molecule has 2 aromatic carbocycles. The van der Waals surface area contributed by atoms with E-state index in [1.807, 2.05) is 24.3 Å². The number of hydrogen-bond donors (Lipinski definition) is 2. The maximum Gasteiger partial charge on any atom is 0.224 e. The molecule has 120 valence electrons. The van der Waals surface area contributed by atoms with Gasteiger partial charge in [0.1, 0.15) is 12.4 Å². The zero-order valence-corrected chi connectivity index (χ0v) is 12.9. The minimum absolute atomic E-state index is 0.0891. The highest BCUT2D eigenvalue weighted by Gasteiger charge is 2.06. The fraction of sp³-hybridized carbons (Fsp3) is 0.222. The van der Waals surface area contributed by atoms with Crippen LogP contribution in [0, 0.1) is 0 Å². The number of carbonyl (C=O) groups is 2. The molecule has 1 amide bonds. The maximum atomic E-state index is 12.0. The lowest BCUT2D eigenvalue weighted by atomic mass is 10.1. The first-order valence-electron chi connectivity index (χ1n) is 7.25. The first kappa shape index (κ1) is 16.7. The molecule has 2 rings (SSSR count). The Bertz CT molecular complexity index is 680. The van der Waals surface area contributed by atoms with Gasteiger partial charge in [0.25, 0.3) is 0 Å². The molecular formula is C18H19NO4. The van der Waals surface area contributed by atoms with Crippen LogP contribution >= 0.6 is 0 Å². The number of ketones is 1. The predicted molar refractivity (Wildman–Crippen MR) is 86.4 cm³/mol. The Balaban J connectivity index is 1.87. The van der Waals surface area contributed by atoms with Gasteiger partial charge in [-0.15, -0.1) is 0 Å². The van der Waals surface area contributed by atoms with Crippen molar-refractivity contribution in [2.45, 2.75) is 13.0 Å². The van der Waals surface area contributed by atoms with Crippen molar-refractivity contribution in [1.82, 2.24) is 5.32 Å². The Kier molecular flexibility index (Phi) is 5.88. The largest absolute Gasteiger partial charge is 0.497 e. The average Bonchev–Trinajstić information content (AvgIpc) is 2.60. The van der Waals surface area contributed by atoms with Crippen molar-refractivity contribution >= 4 is 11.7 Å². The summed E-state index contributed by atoms with van der Waals surface area (Å²) in [5, 5.41) is 11.6. The monoisotopic (exact) mass is 313 g/mol. The Morgan fingerprint density at radius 1 is 1.09 bits per heavy atom. The number of carbonyl (C=O) groups excluding carboxylic acids is 2. The Hall–Kier alpha value is -2.66. The summed E-state index contributed by atoms with van der Waals surface area (Å²) in [6.45, 7) is -0.118. The van der Waals surface area contributed by atoms with Crippen molar-refractivity contribution in [3.05, 3.63) is 65.2 Å². The number of aliphatic hydroxyl groups is 1. The van der Waals surface area contributed by atoms with Gasteiger partial charge in [-0.2, -0.15) is 0 Å². The third kappa shape index (κ3) is 4.93. The molecule has 23 heavy (non-hydrogen) atoms. The minimum Gasteiger partial charge on any atom is -0.497 e. The second kappa shape index (κ2) is 8.10. The molecule has 5 heteroatoms. The van der Waals surface area contributed by atoms with Crippen molar-refractivity contribution in [1.29, 1.82) is 0 Å². The number of nitrogens with one attached hydrogen (secondary N) is 1. The molecule has 0 atom stereocenters. The fourth-order valence-corrected chi connectivity index (χ4v) is 2.13. The second-order valence-electron chi connectivity index (χ2n) is 5.08.